The largest absolute Gasteiger partial charge is 0.377 e. The van der Waals surface area contributed by atoms with Crippen molar-refractivity contribution in [1.29, 1.82) is 0 Å². The van der Waals surface area contributed by atoms with Gasteiger partial charge in [0.15, 0.2) is 0 Å². The van der Waals surface area contributed by atoms with Crippen molar-refractivity contribution in [3.8, 4) is 0 Å². The predicted molar refractivity (Wildman–Crippen MR) is 84.1 cm³/mol. The van der Waals surface area contributed by atoms with Crippen LogP contribution in [0.5, 0.6) is 0 Å². The molecule has 0 aliphatic heterocycles. The summed E-state index contributed by atoms with van der Waals surface area (Å²) in [7, 11) is 2.03. The molecule has 0 aliphatic carbocycles. The van der Waals surface area contributed by atoms with Gasteiger partial charge in [-0.3, -0.25) is 4.68 Å². The van der Waals surface area contributed by atoms with Gasteiger partial charge in [0.25, 0.3) is 0 Å². The quantitative estimate of drug-likeness (QED) is 0.717. The highest BCUT2D eigenvalue weighted by Crippen LogP contribution is 2.14. The number of aromatic nitrogens is 2. The zero-order chi connectivity index (χ0) is 15.0. The third-order valence-electron chi connectivity index (χ3n) is 3.69. The zero-order valence-corrected chi connectivity index (χ0v) is 13.8. The Morgan fingerprint density at radius 3 is 2.55 bits per heavy atom. The zero-order valence-electron chi connectivity index (χ0n) is 13.8. The average molecular weight is 281 g/mol. The molecule has 4 nitrogen and oxygen atoms in total. The van der Waals surface area contributed by atoms with E-state index in [2.05, 4.69) is 44.2 Å². The SMILES string of the molecule is CCCC(OCC)C(Cc1cc(CC)nn1C)NCC. The maximum atomic E-state index is 5.95. The van der Waals surface area contributed by atoms with Crippen molar-refractivity contribution in [2.75, 3.05) is 13.2 Å². The molecule has 0 aliphatic rings. The van der Waals surface area contributed by atoms with Gasteiger partial charge >= 0.3 is 0 Å². The third kappa shape index (κ3) is 4.91. The van der Waals surface area contributed by atoms with E-state index in [-0.39, 0.29) is 6.10 Å². The van der Waals surface area contributed by atoms with Crippen LogP contribution in [0.25, 0.3) is 0 Å². The average Bonchev–Trinajstić information content (AvgIpc) is 2.79. The maximum absolute atomic E-state index is 5.95. The molecule has 1 heterocycles. The van der Waals surface area contributed by atoms with E-state index in [9.17, 15) is 0 Å². The van der Waals surface area contributed by atoms with Crippen LogP contribution in [0.3, 0.4) is 0 Å². The minimum atomic E-state index is 0.282. The van der Waals surface area contributed by atoms with Crippen LogP contribution in [-0.4, -0.2) is 35.1 Å². The maximum Gasteiger partial charge on any atom is 0.0731 e. The van der Waals surface area contributed by atoms with Gasteiger partial charge in [0.1, 0.15) is 0 Å². The van der Waals surface area contributed by atoms with Crippen LogP contribution in [0.1, 0.15) is 51.9 Å². The predicted octanol–water partition coefficient (Wildman–Crippen LogP) is 2.71. The van der Waals surface area contributed by atoms with E-state index in [1.54, 1.807) is 0 Å². The molecule has 0 saturated heterocycles. The Hall–Kier alpha value is -0.870. The monoisotopic (exact) mass is 281 g/mol. The molecule has 0 spiro atoms. The van der Waals surface area contributed by atoms with Gasteiger partial charge in [0, 0.05) is 31.8 Å². The Morgan fingerprint density at radius 2 is 2.05 bits per heavy atom. The second-order valence-corrected chi connectivity index (χ2v) is 5.25. The summed E-state index contributed by atoms with van der Waals surface area (Å²) in [5.41, 5.74) is 2.45. The summed E-state index contributed by atoms with van der Waals surface area (Å²) < 4.78 is 7.96. The van der Waals surface area contributed by atoms with Crippen molar-refractivity contribution < 1.29 is 4.74 Å². The lowest BCUT2D eigenvalue weighted by molar-refractivity contribution is 0.0281. The standard InChI is InChI=1S/C16H31N3O/c1-6-10-16(20-9-4)15(17-8-3)12-14-11-13(7-2)18-19(14)5/h11,15-17H,6-10,12H2,1-5H3. The number of likely N-dealkylation sites (N-methyl/N-ethyl adjacent to an activating group) is 1. The molecule has 1 aromatic heterocycles. The van der Waals surface area contributed by atoms with Crippen molar-refractivity contribution >= 4 is 0 Å². The Morgan fingerprint density at radius 1 is 1.30 bits per heavy atom. The minimum absolute atomic E-state index is 0.282. The molecule has 0 amide bonds. The van der Waals surface area contributed by atoms with Crippen molar-refractivity contribution in [2.45, 2.75) is 65.5 Å². The van der Waals surface area contributed by atoms with Crippen LogP contribution in [0.2, 0.25) is 0 Å². The van der Waals surface area contributed by atoms with Gasteiger partial charge in [-0.05, 0) is 32.4 Å². The molecule has 1 rings (SSSR count). The summed E-state index contributed by atoms with van der Waals surface area (Å²) in [6.07, 6.45) is 4.50. The van der Waals surface area contributed by atoms with Crippen LogP contribution >= 0.6 is 0 Å². The van der Waals surface area contributed by atoms with E-state index in [4.69, 9.17) is 4.74 Å². The van der Waals surface area contributed by atoms with E-state index in [1.165, 1.54) is 11.4 Å². The van der Waals surface area contributed by atoms with Gasteiger partial charge in [-0.1, -0.05) is 27.2 Å². The molecule has 0 bridgehead atoms. The van der Waals surface area contributed by atoms with Gasteiger partial charge in [-0.2, -0.15) is 5.10 Å². The molecule has 0 aromatic carbocycles. The summed E-state index contributed by atoms with van der Waals surface area (Å²) in [5, 5.41) is 8.13. The van der Waals surface area contributed by atoms with E-state index in [0.29, 0.717) is 6.04 Å². The number of hydrogen-bond donors (Lipinski definition) is 1. The summed E-state index contributed by atoms with van der Waals surface area (Å²) in [6, 6.07) is 2.58. The smallest absolute Gasteiger partial charge is 0.0731 e. The van der Waals surface area contributed by atoms with Crippen LogP contribution < -0.4 is 5.32 Å². The molecule has 20 heavy (non-hydrogen) atoms. The summed E-state index contributed by atoms with van der Waals surface area (Å²) in [4.78, 5) is 0. The summed E-state index contributed by atoms with van der Waals surface area (Å²) >= 11 is 0. The fraction of sp³-hybridized carbons (Fsp3) is 0.812. The topological polar surface area (TPSA) is 39.1 Å². The van der Waals surface area contributed by atoms with Crippen molar-refractivity contribution in [1.82, 2.24) is 15.1 Å². The molecule has 116 valence electrons. The van der Waals surface area contributed by atoms with Gasteiger partial charge in [0.2, 0.25) is 0 Å². The molecular weight excluding hydrogens is 250 g/mol. The fourth-order valence-corrected chi connectivity index (χ4v) is 2.66. The van der Waals surface area contributed by atoms with E-state index in [0.717, 1.165) is 38.8 Å². The number of hydrogen-bond acceptors (Lipinski definition) is 3. The Bertz CT molecular complexity index is 370. The van der Waals surface area contributed by atoms with Gasteiger partial charge in [-0.25, -0.2) is 0 Å². The lowest BCUT2D eigenvalue weighted by Gasteiger charge is -2.27. The number of ether oxygens (including phenoxy) is 1. The normalized spacial score (nSPS) is 14.4. The minimum Gasteiger partial charge on any atom is -0.377 e. The van der Waals surface area contributed by atoms with Gasteiger partial charge in [0.05, 0.1) is 11.8 Å². The van der Waals surface area contributed by atoms with Crippen LogP contribution in [0.15, 0.2) is 6.07 Å². The lowest BCUT2D eigenvalue weighted by atomic mass is 10.0. The molecule has 1 aromatic rings. The highest BCUT2D eigenvalue weighted by Gasteiger charge is 2.22. The highest BCUT2D eigenvalue weighted by molar-refractivity contribution is 5.12. The first-order valence-electron chi connectivity index (χ1n) is 8.02. The molecule has 2 atom stereocenters. The van der Waals surface area contributed by atoms with Gasteiger partial charge in [-0.15, -0.1) is 0 Å². The highest BCUT2D eigenvalue weighted by atomic mass is 16.5. The first-order valence-corrected chi connectivity index (χ1v) is 8.02. The third-order valence-corrected chi connectivity index (χ3v) is 3.69. The Kier molecular flexibility index (Phi) is 7.85. The molecule has 2 unspecified atom stereocenters. The van der Waals surface area contributed by atoms with Gasteiger partial charge < -0.3 is 10.1 Å². The molecular formula is C16H31N3O. The molecule has 1 N–H and O–H groups in total. The molecule has 0 fully saturated rings. The van der Waals surface area contributed by atoms with Crippen LogP contribution in [-0.2, 0) is 24.6 Å². The van der Waals surface area contributed by atoms with E-state index in [1.807, 2.05) is 11.7 Å². The number of nitrogens with one attached hydrogen (secondary N) is 1. The Balaban J connectivity index is 2.80. The lowest BCUT2D eigenvalue weighted by Crippen LogP contribution is -2.43. The second kappa shape index (κ2) is 9.14. The first-order chi connectivity index (χ1) is 9.65. The fourth-order valence-electron chi connectivity index (χ4n) is 2.66. The second-order valence-electron chi connectivity index (χ2n) is 5.25. The van der Waals surface area contributed by atoms with E-state index >= 15 is 0 Å². The van der Waals surface area contributed by atoms with Crippen molar-refractivity contribution in [3.63, 3.8) is 0 Å². The van der Waals surface area contributed by atoms with E-state index < -0.39 is 0 Å². The number of aryl methyl sites for hydroxylation is 2. The Labute approximate surface area is 123 Å². The molecule has 0 saturated carbocycles. The molecule has 4 heteroatoms. The van der Waals surface area contributed by atoms with Crippen LogP contribution in [0.4, 0.5) is 0 Å². The van der Waals surface area contributed by atoms with Crippen molar-refractivity contribution in [2.24, 2.45) is 7.05 Å². The summed E-state index contributed by atoms with van der Waals surface area (Å²) in [5.74, 6) is 0. The summed E-state index contributed by atoms with van der Waals surface area (Å²) in [6.45, 7) is 10.3. The first kappa shape index (κ1) is 17.2. The number of nitrogens with zero attached hydrogens (tertiary/aromatic N) is 2. The molecule has 0 radical (unpaired) electrons. The van der Waals surface area contributed by atoms with Crippen LogP contribution in [0, 0.1) is 0 Å². The van der Waals surface area contributed by atoms with Crippen molar-refractivity contribution in [3.05, 3.63) is 17.5 Å². The number of rotatable bonds is 10.